The van der Waals surface area contributed by atoms with E-state index in [1.165, 1.54) is 13.3 Å². The first kappa shape index (κ1) is 18.9. The third kappa shape index (κ3) is 3.63. The van der Waals surface area contributed by atoms with E-state index >= 15 is 0 Å². The number of benzene rings is 2. The van der Waals surface area contributed by atoms with E-state index < -0.39 is 12.0 Å². The van der Waals surface area contributed by atoms with Gasteiger partial charge in [-0.1, -0.05) is 29.5 Å². The number of phenolic OH excluding ortho intramolecular Hbond substituents is 1. The number of aliphatic imine (C=N–C) groups is 1. The van der Waals surface area contributed by atoms with Gasteiger partial charge in [-0.2, -0.15) is 22.8 Å². The van der Waals surface area contributed by atoms with Crippen LogP contribution in [0.25, 0.3) is 15.5 Å². The summed E-state index contributed by atoms with van der Waals surface area (Å²) in [5.74, 6) is -0.885. The first-order chi connectivity index (χ1) is 13.9. The molecule has 29 heavy (non-hydrogen) atoms. The van der Waals surface area contributed by atoms with Crippen LogP contribution in [-0.4, -0.2) is 38.2 Å². The van der Waals surface area contributed by atoms with Crippen molar-refractivity contribution >= 4 is 28.2 Å². The Morgan fingerprint density at radius 3 is 2.72 bits per heavy atom. The first-order valence-corrected chi connectivity index (χ1v) is 8.98. The van der Waals surface area contributed by atoms with Crippen LogP contribution in [0, 0.1) is 0 Å². The van der Waals surface area contributed by atoms with Crippen LogP contribution in [0.4, 0.5) is 18.9 Å². The monoisotopic (exact) mass is 419 g/mol. The molecule has 7 nitrogen and oxygen atoms in total. The summed E-state index contributed by atoms with van der Waals surface area (Å²) in [5.41, 5.74) is 1.58. The third-order valence-electron chi connectivity index (χ3n) is 3.94. The molecule has 0 fully saturated rings. The van der Waals surface area contributed by atoms with Crippen molar-refractivity contribution < 1.29 is 23.0 Å². The van der Waals surface area contributed by atoms with Crippen LogP contribution in [0.1, 0.15) is 11.4 Å². The normalized spacial score (nSPS) is 12.1. The quantitative estimate of drug-likeness (QED) is 0.498. The molecule has 0 aliphatic rings. The molecule has 11 heteroatoms. The van der Waals surface area contributed by atoms with Gasteiger partial charge in [-0.05, 0) is 24.3 Å². The summed E-state index contributed by atoms with van der Waals surface area (Å²) in [6.45, 7) is 0. The number of para-hydroxylation sites is 1. The minimum absolute atomic E-state index is 0.0387. The Bertz CT molecular complexity index is 1220. The van der Waals surface area contributed by atoms with Gasteiger partial charge < -0.3 is 9.84 Å². The van der Waals surface area contributed by atoms with Crippen LogP contribution in [0.5, 0.6) is 11.5 Å². The summed E-state index contributed by atoms with van der Waals surface area (Å²) in [6.07, 6.45) is -3.17. The second-order valence-electron chi connectivity index (χ2n) is 5.83. The van der Waals surface area contributed by atoms with E-state index in [9.17, 15) is 18.3 Å². The molecule has 2 aromatic carbocycles. The fourth-order valence-corrected chi connectivity index (χ4v) is 3.42. The fourth-order valence-electron chi connectivity index (χ4n) is 2.58. The molecule has 148 valence electrons. The van der Waals surface area contributed by atoms with Crippen molar-refractivity contribution in [2.24, 2.45) is 4.99 Å². The molecule has 0 atom stereocenters. The highest BCUT2D eigenvalue weighted by atomic mass is 32.1. The zero-order chi connectivity index (χ0) is 20.6. The van der Waals surface area contributed by atoms with Gasteiger partial charge in [0.15, 0.2) is 11.5 Å². The zero-order valence-corrected chi connectivity index (χ0v) is 15.6. The van der Waals surface area contributed by atoms with Gasteiger partial charge in [0.05, 0.1) is 12.8 Å². The molecule has 2 aromatic heterocycles. The number of halogens is 3. The molecule has 0 aliphatic carbocycles. The standard InChI is InChI=1S/C18H12F3N5O2S/c1-28-13-7-3-5-11(14(13)27)9-22-12-6-2-4-10(8-12)15-25-26-16(18(19,20)21)23-24-17(26)29-15/h2-9,27H,1H3. The number of methoxy groups -OCH3 is 1. The molecule has 0 unspecified atom stereocenters. The molecule has 0 saturated heterocycles. The average molecular weight is 419 g/mol. The van der Waals surface area contributed by atoms with E-state index in [1.807, 2.05) is 0 Å². The maximum Gasteiger partial charge on any atom is 0.453 e. The summed E-state index contributed by atoms with van der Waals surface area (Å²) < 4.78 is 44.6. The van der Waals surface area contributed by atoms with Crippen molar-refractivity contribution in [1.29, 1.82) is 0 Å². The van der Waals surface area contributed by atoms with Crippen molar-refractivity contribution in [3.05, 3.63) is 53.9 Å². The molecule has 0 spiro atoms. The molecule has 0 radical (unpaired) electrons. The molecule has 0 amide bonds. The highest BCUT2D eigenvalue weighted by molar-refractivity contribution is 7.19. The molecule has 0 saturated carbocycles. The molecule has 0 bridgehead atoms. The van der Waals surface area contributed by atoms with Gasteiger partial charge in [-0.15, -0.1) is 10.2 Å². The number of phenols is 1. The van der Waals surface area contributed by atoms with Crippen LogP contribution in [0.3, 0.4) is 0 Å². The largest absolute Gasteiger partial charge is 0.504 e. The van der Waals surface area contributed by atoms with Crippen molar-refractivity contribution in [3.8, 4) is 22.1 Å². The number of rotatable bonds is 4. The van der Waals surface area contributed by atoms with Crippen molar-refractivity contribution in [2.45, 2.75) is 6.18 Å². The van der Waals surface area contributed by atoms with Crippen LogP contribution in [0.2, 0.25) is 0 Å². The van der Waals surface area contributed by atoms with Crippen molar-refractivity contribution in [1.82, 2.24) is 19.8 Å². The predicted octanol–water partition coefficient (Wildman–Crippen LogP) is 4.34. The Morgan fingerprint density at radius 1 is 1.17 bits per heavy atom. The minimum atomic E-state index is -4.64. The van der Waals surface area contributed by atoms with Gasteiger partial charge >= 0.3 is 6.18 Å². The Kier molecular flexibility index (Phi) is 4.66. The number of nitrogens with zero attached hydrogens (tertiary/aromatic N) is 5. The topological polar surface area (TPSA) is 84.9 Å². The number of hydrogen-bond donors (Lipinski definition) is 1. The highest BCUT2D eigenvalue weighted by Gasteiger charge is 2.38. The van der Waals surface area contributed by atoms with Crippen molar-refractivity contribution in [3.63, 3.8) is 0 Å². The maximum atomic E-state index is 13.0. The summed E-state index contributed by atoms with van der Waals surface area (Å²) in [4.78, 5) is 4.36. The van der Waals surface area contributed by atoms with Crippen molar-refractivity contribution in [2.75, 3.05) is 7.11 Å². The summed E-state index contributed by atoms with van der Waals surface area (Å²) >= 11 is 0.988. The number of alkyl halides is 3. The molecule has 4 aromatic rings. The Hall–Kier alpha value is -3.47. The lowest BCUT2D eigenvalue weighted by Crippen LogP contribution is -2.11. The molecule has 0 aliphatic heterocycles. The van der Waals surface area contributed by atoms with E-state index in [-0.39, 0.29) is 10.7 Å². The molecule has 2 heterocycles. The molecular weight excluding hydrogens is 407 g/mol. The highest BCUT2D eigenvalue weighted by Crippen LogP contribution is 2.33. The van der Waals surface area contributed by atoms with E-state index in [1.54, 1.807) is 42.5 Å². The predicted molar refractivity (Wildman–Crippen MR) is 101 cm³/mol. The minimum Gasteiger partial charge on any atom is -0.504 e. The summed E-state index contributed by atoms with van der Waals surface area (Å²) in [5, 5.41) is 21.1. The molecule has 4 rings (SSSR count). The Balaban J connectivity index is 1.66. The van der Waals surface area contributed by atoms with Crippen LogP contribution in [-0.2, 0) is 6.18 Å². The van der Waals surface area contributed by atoms with E-state index in [2.05, 4.69) is 20.3 Å². The maximum absolute atomic E-state index is 13.0. The van der Waals surface area contributed by atoms with E-state index in [0.29, 0.717) is 32.1 Å². The fraction of sp³-hybridized carbons (Fsp3) is 0.111. The second kappa shape index (κ2) is 7.17. The number of fused-ring (bicyclic) bond motifs is 1. The van der Waals surface area contributed by atoms with E-state index in [0.717, 1.165) is 11.3 Å². The van der Waals surface area contributed by atoms with Gasteiger partial charge in [0, 0.05) is 17.3 Å². The Labute approximate surface area is 165 Å². The van der Waals surface area contributed by atoms with Crippen LogP contribution < -0.4 is 4.74 Å². The lowest BCUT2D eigenvalue weighted by molar-refractivity contribution is -0.146. The molecule has 1 N–H and O–H groups in total. The van der Waals surface area contributed by atoms with Gasteiger partial charge in [-0.3, -0.25) is 4.99 Å². The molecular formula is C18H12F3N5O2S. The Morgan fingerprint density at radius 2 is 1.97 bits per heavy atom. The summed E-state index contributed by atoms with van der Waals surface area (Å²) in [6, 6.07) is 11.8. The van der Waals surface area contributed by atoms with Crippen LogP contribution >= 0.6 is 11.3 Å². The number of aromatic nitrogens is 4. The number of hydrogen-bond acceptors (Lipinski definition) is 7. The van der Waals surface area contributed by atoms with Gasteiger partial charge in [0.25, 0.3) is 5.82 Å². The lowest BCUT2D eigenvalue weighted by atomic mass is 10.2. The van der Waals surface area contributed by atoms with E-state index in [4.69, 9.17) is 4.74 Å². The summed E-state index contributed by atoms with van der Waals surface area (Å²) in [7, 11) is 1.45. The second-order valence-corrected chi connectivity index (χ2v) is 6.79. The number of ether oxygens (including phenoxy) is 1. The number of aromatic hydroxyl groups is 1. The smallest absolute Gasteiger partial charge is 0.453 e. The van der Waals surface area contributed by atoms with Gasteiger partial charge in [0.1, 0.15) is 5.01 Å². The van der Waals surface area contributed by atoms with Gasteiger partial charge in [-0.25, -0.2) is 0 Å². The SMILES string of the molecule is COc1cccc(C=Nc2cccc(-c3nn4c(C(F)(F)F)nnc4s3)c2)c1O. The average Bonchev–Trinajstić information content (AvgIpc) is 3.27. The lowest BCUT2D eigenvalue weighted by Gasteiger charge is -2.05. The third-order valence-corrected chi connectivity index (χ3v) is 4.89. The zero-order valence-electron chi connectivity index (χ0n) is 14.8. The van der Waals surface area contributed by atoms with Crippen LogP contribution in [0.15, 0.2) is 47.5 Å². The van der Waals surface area contributed by atoms with Gasteiger partial charge in [0.2, 0.25) is 4.96 Å². The first-order valence-electron chi connectivity index (χ1n) is 8.17.